The van der Waals surface area contributed by atoms with E-state index in [0.29, 0.717) is 32.4 Å². The summed E-state index contributed by atoms with van der Waals surface area (Å²) in [5.41, 5.74) is 0.729. The van der Waals surface area contributed by atoms with Gasteiger partial charge in [0.1, 0.15) is 18.2 Å². The number of aryl methyl sites for hydroxylation is 1. The molecule has 1 aromatic rings. The lowest BCUT2D eigenvalue weighted by Gasteiger charge is -2.31. The van der Waals surface area contributed by atoms with Gasteiger partial charge in [0.2, 0.25) is 17.7 Å². The molecule has 0 spiro atoms. The average molecular weight is 505 g/mol. The van der Waals surface area contributed by atoms with E-state index >= 15 is 0 Å². The Bertz CT molecular complexity index is 936. The number of ether oxygens (including phenoxy) is 1. The Labute approximate surface area is 213 Å². The highest BCUT2D eigenvalue weighted by Crippen LogP contribution is 2.34. The largest absolute Gasteiger partial charge is 0.486 e. The van der Waals surface area contributed by atoms with Crippen LogP contribution < -0.4 is 20.7 Å². The molecule has 8 nitrogen and oxygen atoms in total. The lowest BCUT2D eigenvalue weighted by atomic mass is 10.0. The first kappa shape index (κ1) is 27.9. The molecule has 1 saturated carbocycles. The first-order valence-corrected chi connectivity index (χ1v) is 13.1. The normalized spacial score (nSPS) is 27.4. The third-order valence-corrected chi connectivity index (χ3v) is 6.92. The predicted molar refractivity (Wildman–Crippen MR) is 136 cm³/mol. The molecule has 0 radical (unpaired) electrons. The second-order valence-corrected chi connectivity index (χ2v) is 10.6. The Balaban J connectivity index is 1.85. The van der Waals surface area contributed by atoms with E-state index in [4.69, 9.17) is 4.74 Å². The minimum Gasteiger partial charge on any atom is -0.486 e. The third-order valence-electron chi connectivity index (χ3n) is 6.92. The predicted octanol–water partition coefficient (Wildman–Crippen LogP) is 2.40. The molecular formula is C27H41FN4O4. The number of carbonyl (C=O) groups excluding carboxylic acids is 3. The van der Waals surface area contributed by atoms with Gasteiger partial charge in [-0.25, -0.2) is 4.39 Å². The zero-order valence-corrected chi connectivity index (χ0v) is 22.1. The van der Waals surface area contributed by atoms with Crippen molar-refractivity contribution in [2.45, 2.75) is 84.0 Å². The molecule has 1 heterocycles. The van der Waals surface area contributed by atoms with E-state index in [1.807, 2.05) is 26.8 Å². The van der Waals surface area contributed by atoms with Crippen LogP contribution in [0.1, 0.15) is 58.9 Å². The first-order chi connectivity index (χ1) is 17.1. The van der Waals surface area contributed by atoms with E-state index in [0.717, 1.165) is 18.4 Å². The Morgan fingerprint density at radius 2 is 1.86 bits per heavy atom. The number of hydrogen-bond acceptors (Lipinski definition) is 5. The summed E-state index contributed by atoms with van der Waals surface area (Å²) in [6.07, 6.45) is 3.09. The fraction of sp³-hybridized carbons (Fsp3) is 0.667. The van der Waals surface area contributed by atoms with Crippen LogP contribution in [0.4, 0.5) is 4.39 Å². The first-order valence-electron chi connectivity index (χ1n) is 13.1. The van der Waals surface area contributed by atoms with Crippen LogP contribution in [-0.4, -0.2) is 67.0 Å². The van der Waals surface area contributed by atoms with Crippen molar-refractivity contribution in [1.29, 1.82) is 0 Å². The fourth-order valence-electron chi connectivity index (χ4n) is 4.50. The van der Waals surface area contributed by atoms with Crippen LogP contribution in [0, 0.1) is 17.7 Å². The molecule has 3 rings (SSSR count). The van der Waals surface area contributed by atoms with Crippen LogP contribution in [0.15, 0.2) is 18.2 Å². The van der Waals surface area contributed by atoms with Gasteiger partial charge in [-0.2, -0.15) is 0 Å². The Morgan fingerprint density at radius 3 is 2.53 bits per heavy atom. The van der Waals surface area contributed by atoms with Gasteiger partial charge in [0, 0.05) is 20.1 Å². The van der Waals surface area contributed by atoms with E-state index < -0.39 is 23.9 Å². The number of hydrogen-bond donors (Lipinski definition) is 3. The van der Waals surface area contributed by atoms with Crippen LogP contribution in [-0.2, 0) is 20.8 Å². The number of carbonyl (C=O) groups is 3. The van der Waals surface area contributed by atoms with Gasteiger partial charge >= 0.3 is 0 Å². The van der Waals surface area contributed by atoms with E-state index in [9.17, 15) is 18.8 Å². The van der Waals surface area contributed by atoms with Crippen molar-refractivity contribution in [3.63, 3.8) is 0 Å². The van der Waals surface area contributed by atoms with Crippen LogP contribution in [0.3, 0.4) is 0 Å². The molecule has 2 aliphatic rings. The smallest absolute Gasteiger partial charge is 0.243 e. The molecule has 1 aromatic carbocycles. The molecule has 0 bridgehead atoms. The minimum absolute atomic E-state index is 0.176. The fourth-order valence-corrected chi connectivity index (χ4v) is 4.50. The molecule has 3 amide bonds. The Kier molecular flexibility index (Phi) is 9.70. The number of benzene rings is 1. The molecule has 9 heteroatoms. The molecule has 1 aliphatic heterocycles. The number of rotatable bonds is 3. The van der Waals surface area contributed by atoms with Crippen molar-refractivity contribution >= 4 is 17.7 Å². The summed E-state index contributed by atoms with van der Waals surface area (Å²) in [5, 5.41) is 9.07. The molecule has 4 atom stereocenters. The van der Waals surface area contributed by atoms with Gasteiger partial charge < -0.3 is 25.6 Å². The van der Waals surface area contributed by atoms with Crippen molar-refractivity contribution in [2.24, 2.45) is 11.8 Å². The molecule has 200 valence electrons. The quantitative estimate of drug-likeness (QED) is 0.587. The number of nitrogens with one attached hydrogen (secondary N) is 3. The molecule has 36 heavy (non-hydrogen) atoms. The van der Waals surface area contributed by atoms with Crippen molar-refractivity contribution in [3.8, 4) is 5.75 Å². The van der Waals surface area contributed by atoms with Gasteiger partial charge in [0.15, 0.2) is 11.6 Å². The summed E-state index contributed by atoms with van der Waals surface area (Å²) < 4.78 is 20.7. The number of nitrogens with zero attached hydrogens (tertiary/aromatic N) is 1. The number of fused-ring (bicyclic) bond motifs is 1. The third kappa shape index (κ3) is 7.41. The van der Waals surface area contributed by atoms with Crippen LogP contribution >= 0.6 is 0 Å². The van der Waals surface area contributed by atoms with Crippen LogP contribution in [0.5, 0.6) is 5.75 Å². The summed E-state index contributed by atoms with van der Waals surface area (Å²) >= 11 is 0. The van der Waals surface area contributed by atoms with Crippen LogP contribution in [0.25, 0.3) is 0 Å². The molecular weight excluding hydrogens is 463 g/mol. The molecule has 0 aromatic heterocycles. The van der Waals surface area contributed by atoms with E-state index in [1.54, 1.807) is 20.0 Å². The van der Waals surface area contributed by atoms with Crippen molar-refractivity contribution in [2.75, 3.05) is 20.1 Å². The van der Waals surface area contributed by atoms with Gasteiger partial charge in [-0.05, 0) is 69.4 Å². The number of likely N-dealkylation sites (N-methyl/N-ethyl adjacent to an activating group) is 1. The molecule has 0 unspecified atom stereocenters. The molecule has 3 N–H and O–H groups in total. The van der Waals surface area contributed by atoms with Gasteiger partial charge in [-0.1, -0.05) is 26.0 Å². The standard InChI is InChI=1S/C27H41FN4O4/c1-16(2)14-22-26(34)29-13-7-9-20-8-6-10-21(28)24(20)36-17(3)15-30-23(19-11-12-19)27(35)32(5)18(4)25(33)31-22/h6,8,10,16-19,22-23,30H,7,9,11-15H2,1-5H3,(H,29,34)(H,31,33)/t17-,18-,22-,23+/m1/s1. The summed E-state index contributed by atoms with van der Waals surface area (Å²) in [6, 6.07) is 2.96. The monoisotopic (exact) mass is 504 g/mol. The topological polar surface area (TPSA) is 99.8 Å². The molecule has 0 saturated heterocycles. The van der Waals surface area contributed by atoms with Gasteiger partial charge in [-0.3, -0.25) is 14.4 Å². The maximum Gasteiger partial charge on any atom is 0.243 e. The van der Waals surface area contributed by atoms with Gasteiger partial charge in [0.05, 0.1) is 6.04 Å². The van der Waals surface area contributed by atoms with Gasteiger partial charge in [-0.15, -0.1) is 0 Å². The molecule has 1 fully saturated rings. The number of amides is 3. The van der Waals surface area contributed by atoms with Crippen molar-refractivity contribution in [1.82, 2.24) is 20.9 Å². The van der Waals surface area contributed by atoms with E-state index in [1.165, 1.54) is 11.0 Å². The lowest BCUT2D eigenvalue weighted by Crippen LogP contribution is -2.56. The maximum absolute atomic E-state index is 14.7. The Hall–Kier alpha value is -2.68. The SMILES string of the molecule is CC(C)C[C@H]1NC(=O)[C@@H](C)N(C)C(=O)[C@H](C2CC2)NC[C@@H](C)Oc2c(F)cccc2CCCNC1=O. The number of halogens is 1. The summed E-state index contributed by atoms with van der Waals surface area (Å²) in [4.78, 5) is 40.8. The Morgan fingerprint density at radius 1 is 1.14 bits per heavy atom. The van der Waals surface area contributed by atoms with Gasteiger partial charge in [0.25, 0.3) is 0 Å². The second-order valence-electron chi connectivity index (χ2n) is 10.6. The van der Waals surface area contributed by atoms with Crippen molar-refractivity contribution < 1.29 is 23.5 Å². The van der Waals surface area contributed by atoms with E-state index in [2.05, 4.69) is 16.0 Å². The maximum atomic E-state index is 14.7. The average Bonchev–Trinajstić information content (AvgIpc) is 3.66. The highest BCUT2D eigenvalue weighted by molar-refractivity contribution is 5.93. The highest BCUT2D eigenvalue weighted by Gasteiger charge is 2.39. The minimum atomic E-state index is -0.739. The zero-order valence-electron chi connectivity index (χ0n) is 22.1. The number of para-hydroxylation sites is 1. The lowest BCUT2D eigenvalue weighted by molar-refractivity contribution is -0.141. The van der Waals surface area contributed by atoms with Crippen LogP contribution in [0.2, 0.25) is 0 Å². The summed E-state index contributed by atoms with van der Waals surface area (Å²) in [5.74, 6) is -0.637. The van der Waals surface area contributed by atoms with E-state index in [-0.39, 0.29) is 41.4 Å². The zero-order chi connectivity index (χ0) is 26.4. The second kappa shape index (κ2) is 12.5. The molecule has 1 aliphatic carbocycles. The summed E-state index contributed by atoms with van der Waals surface area (Å²) in [7, 11) is 1.62. The summed E-state index contributed by atoms with van der Waals surface area (Å²) in [6.45, 7) is 8.23. The van der Waals surface area contributed by atoms with Crippen molar-refractivity contribution in [3.05, 3.63) is 29.6 Å². The highest BCUT2D eigenvalue weighted by atomic mass is 19.1.